The minimum absolute atomic E-state index is 0.00318. The molecule has 0 aliphatic carbocycles. The first-order valence-electron chi connectivity index (χ1n) is 26.5. The molecule has 0 radical (unpaired) electrons. The zero-order valence-electron chi connectivity index (χ0n) is 43.7. The number of aryl methyl sites for hydroxylation is 1. The van der Waals surface area contributed by atoms with Crippen LogP contribution < -0.4 is 37.1 Å². The van der Waals surface area contributed by atoms with Gasteiger partial charge in [0, 0.05) is 37.7 Å². The predicted octanol–water partition coefficient (Wildman–Crippen LogP) is 2.04. The number of amides is 7. The third-order valence-electron chi connectivity index (χ3n) is 14.3. The molecule has 7 amide bonds. The number of carbonyl (C=O) groups is 7. The Morgan fingerprint density at radius 2 is 1.25 bits per heavy atom. The number of hydrogen-bond acceptors (Lipinski definition) is 13. The first-order valence-corrected chi connectivity index (χ1v) is 26.5. The highest BCUT2D eigenvalue weighted by Gasteiger charge is 2.46. The van der Waals surface area contributed by atoms with Crippen LogP contribution in [0.15, 0.2) is 97.1 Å². The van der Waals surface area contributed by atoms with Crippen molar-refractivity contribution in [2.45, 2.75) is 139 Å². The second-order valence-corrected chi connectivity index (χ2v) is 20.3. The fraction of sp³-hybridized carbons (Fsp3) is 0.456. The summed E-state index contributed by atoms with van der Waals surface area (Å²) in [5.74, 6) is -4.76. The van der Waals surface area contributed by atoms with E-state index >= 15 is 0 Å². The topological polar surface area (TPSA) is 302 Å². The number of nitrogens with zero attached hydrogens (tertiary/aromatic N) is 2. The number of aromatic hydroxyl groups is 1. The molecule has 0 spiro atoms. The molecule has 4 aromatic rings. The Labute approximate surface area is 448 Å². The number of aliphatic hydroxyl groups excluding tert-OH is 3. The van der Waals surface area contributed by atoms with E-state index in [4.69, 9.17) is 10.5 Å². The minimum Gasteiger partial charge on any atom is -0.508 e. The van der Waals surface area contributed by atoms with Crippen LogP contribution in [-0.4, -0.2) is 158 Å². The maximum atomic E-state index is 14.4. The number of fused-ring (bicyclic) bond motifs is 2. The number of ether oxygens (including phenoxy) is 1. The van der Waals surface area contributed by atoms with Gasteiger partial charge < -0.3 is 67.3 Å². The Bertz CT molecular complexity index is 2690. The van der Waals surface area contributed by atoms with Crippen LogP contribution in [0.3, 0.4) is 0 Å². The number of hydrogen-bond donors (Lipinski definition) is 10. The van der Waals surface area contributed by atoms with Crippen molar-refractivity contribution in [1.82, 2.24) is 36.4 Å². The zero-order chi connectivity index (χ0) is 55.3. The van der Waals surface area contributed by atoms with Gasteiger partial charge in [0.1, 0.15) is 47.8 Å². The molecule has 3 aliphatic rings. The quantitative estimate of drug-likeness (QED) is 0.0811. The van der Waals surface area contributed by atoms with Gasteiger partial charge in [0.2, 0.25) is 35.4 Å². The molecule has 3 heterocycles. The highest BCUT2D eigenvalue weighted by Crippen LogP contribution is 2.28. The Morgan fingerprint density at radius 1 is 0.701 bits per heavy atom. The van der Waals surface area contributed by atoms with Crippen molar-refractivity contribution in [3.05, 3.63) is 108 Å². The van der Waals surface area contributed by atoms with Crippen molar-refractivity contribution < 1.29 is 58.7 Å². The molecule has 3 aliphatic heterocycles. The van der Waals surface area contributed by atoms with Crippen LogP contribution in [0.25, 0.3) is 22.3 Å². The number of carbonyl (C=O) groups excluding carboxylic acids is 7. The van der Waals surface area contributed by atoms with Gasteiger partial charge in [-0.2, -0.15) is 0 Å². The normalized spacial score (nSPS) is 24.8. The van der Waals surface area contributed by atoms with Crippen molar-refractivity contribution in [3.63, 3.8) is 0 Å². The van der Waals surface area contributed by atoms with E-state index in [1.54, 1.807) is 36.4 Å². The van der Waals surface area contributed by atoms with Gasteiger partial charge in [0.05, 0.1) is 24.9 Å². The number of aliphatic hydroxyl groups is 3. The van der Waals surface area contributed by atoms with Gasteiger partial charge in [-0.3, -0.25) is 33.6 Å². The molecular formula is C57H72N8O12. The third-order valence-corrected chi connectivity index (χ3v) is 14.3. The lowest BCUT2D eigenvalue weighted by Crippen LogP contribution is -2.61. The Hall–Kier alpha value is -7.39. The SMILES string of the molecule is CCCCCOc1ccc(-c2ccc(-c3ccc(C(=O)N[C@H]4CCCNC(=O)[C@@H]5C[C@H](N)CN5C(=O)[C@H]([C@@H](C)O)NC(=O)[C@H](CCc5ccc(O)cc5)NC(=O)[C@@H]5C[C@@H](O)CN5C(=O)[C@H]([C@@H](C)O)NC4=O)cc3)cc2)cc1. The van der Waals surface area contributed by atoms with E-state index in [1.165, 1.54) is 30.9 Å². The summed E-state index contributed by atoms with van der Waals surface area (Å²) in [5.41, 5.74) is 10.9. The molecule has 3 fully saturated rings. The number of phenolic OH excluding ortho intramolecular Hbond substituents is 1. The van der Waals surface area contributed by atoms with E-state index in [0.717, 1.165) is 52.2 Å². The summed E-state index contributed by atoms with van der Waals surface area (Å²) in [7, 11) is 0. The maximum Gasteiger partial charge on any atom is 0.251 e. The van der Waals surface area contributed by atoms with Crippen molar-refractivity contribution in [2.24, 2.45) is 5.73 Å². The summed E-state index contributed by atoms with van der Waals surface area (Å²) in [4.78, 5) is 101. The first-order chi connectivity index (χ1) is 36.9. The molecular weight excluding hydrogens is 989 g/mol. The molecule has 0 unspecified atom stereocenters. The number of nitrogens with one attached hydrogen (secondary N) is 5. The van der Waals surface area contributed by atoms with Gasteiger partial charge >= 0.3 is 0 Å². The molecule has 3 saturated heterocycles. The van der Waals surface area contributed by atoms with Gasteiger partial charge in [-0.25, -0.2) is 0 Å². The molecule has 0 bridgehead atoms. The molecule has 20 nitrogen and oxygen atoms in total. The molecule has 10 atom stereocenters. The van der Waals surface area contributed by atoms with Gasteiger partial charge in [-0.1, -0.05) is 80.4 Å². The van der Waals surface area contributed by atoms with E-state index in [2.05, 4.69) is 33.5 Å². The zero-order valence-corrected chi connectivity index (χ0v) is 43.7. The lowest BCUT2D eigenvalue weighted by molar-refractivity contribution is -0.145. The van der Waals surface area contributed by atoms with Crippen molar-refractivity contribution in [1.29, 1.82) is 0 Å². The smallest absolute Gasteiger partial charge is 0.251 e. The Kier molecular flexibility index (Phi) is 19.8. The summed E-state index contributed by atoms with van der Waals surface area (Å²) >= 11 is 0. The van der Waals surface area contributed by atoms with Gasteiger partial charge in [-0.15, -0.1) is 0 Å². The van der Waals surface area contributed by atoms with E-state index < -0.39 is 102 Å². The molecule has 0 saturated carbocycles. The summed E-state index contributed by atoms with van der Waals surface area (Å²) in [6.07, 6.45) is -1.12. The lowest BCUT2D eigenvalue weighted by atomic mass is 9.99. The number of unbranched alkanes of at least 4 members (excludes halogenated alkanes) is 2. The van der Waals surface area contributed by atoms with E-state index in [0.29, 0.717) is 12.2 Å². The fourth-order valence-corrected chi connectivity index (χ4v) is 9.92. The van der Waals surface area contributed by atoms with E-state index in [-0.39, 0.29) is 69.5 Å². The number of rotatable bonds is 14. The van der Waals surface area contributed by atoms with E-state index in [1.807, 2.05) is 48.5 Å². The maximum absolute atomic E-state index is 14.4. The largest absolute Gasteiger partial charge is 0.508 e. The van der Waals surface area contributed by atoms with Crippen molar-refractivity contribution in [2.75, 3.05) is 26.2 Å². The molecule has 77 heavy (non-hydrogen) atoms. The van der Waals surface area contributed by atoms with Crippen LogP contribution in [0.2, 0.25) is 0 Å². The second kappa shape index (κ2) is 26.6. The molecule has 4 aromatic carbocycles. The molecule has 412 valence electrons. The number of nitrogens with two attached hydrogens (primary N) is 1. The van der Waals surface area contributed by atoms with Crippen LogP contribution >= 0.6 is 0 Å². The highest BCUT2D eigenvalue weighted by molar-refractivity contribution is 6.00. The molecule has 7 rings (SSSR count). The summed E-state index contributed by atoms with van der Waals surface area (Å²) in [5, 5.41) is 56.0. The van der Waals surface area contributed by atoms with Crippen molar-refractivity contribution >= 4 is 41.4 Å². The van der Waals surface area contributed by atoms with Crippen LogP contribution in [0.4, 0.5) is 0 Å². The van der Waals surface area contributed by atoms with Crippen molar-refractivity contribution in [3.8, 4) is 33.8 Å². The predicted molar refractivity (Wildman–Crippen MR) is 286 cm³/mol. The highest BCUT2D eigenvalue weighted by atomic mass is 16.5. The Morgan fingerprint density at radius 3 is 1.83 bits per heavy atom. The third kappa shape index (κ3) is 15.0. The van der Waals surface area contributed by atoms with Crippen LogP contribution in [0, 0.1) is 0 Å². The first kappa shape index (κ1) is 57.3. The van der Waals surface area contributed by atoms with Crippen LogP contribution in [0.1, 0.15) is 88.1 Å². The lowest BCUT2D eigenvalue weighted by Gasteiger charge is -2.32. The molecule has 11 N–H and O–H groups in total. The fourth-order valence-electron chi connectivity index (χ4n) is 9.92. The van der Waals surface area contributed by atoms with E-state index in [9.17, 15) is 54.0 Å². The van der Waals surface area contributed by atoms with Crippen LogP contribution in [-0.2, 0) is 35.2 Å². The second-order valence-electron chi connectivity index (χ2n) is 20.3. The van der Waals surface area contributed by atoms with Gasteiger partial charge in [0.15, 0.2) is 0 Å². The molecule has 20 heteroatoms. The summed E-state index contributed by atoms with van der Waals surface area (Å²) in [6, 6.07) is 19.7. The van der Waals surface area contributed by atoms with Gasteiger partial charge in [0.25, 0.3) is 5.91 Å². The monoisotopic (exact) mass is 1060 g/mol. The summed E-state index contributed by atoms with van der Waals surface area (Å²) < 4.78 is 5.86. The van der Waals surface area contributed by atoms with Gasteiger partial charge in [-0.05, 0) is 117 Å². The molecule has 0 aromatic heterocycles. The minimum atomic E-state index is -1.68. The standard InChI is InChI=1S/C57H72N8O12/c1-4-5-6-28-77-44-24-20-39(21-25-44)37-14-12-36(13-15-37)38-16-18-40(19-17-38)51(70)60-45-8-7-27-59-54(73)47-29-41(58)31-64(47)56(75)49(33(2)66)63-53(72)46(26-11-35-9-22-42(68)23-10-35)61-55(74)48-30-43(69)32-65(48)57(76)50(34(3)67)62-52(45)71/h9-10,12-25,33-34,41,43,45-50,66-69H,4-8,11,26-32,58H2,1-3H3,(H,59,73)(H,60,70)(H,61,74)(H,62,71)(H,63,72)/t33-,34-,41+,43-,45+,46+,47+,48+,49+,50+/m1/s1. The van der Waals surface area contributed by atoms with Crippen LogP contribution in [0.5, 0.6) is 11.5 Å². The Balaban J connectivity index is 1.11. The number of benzene rings is 4. The summed E-state index contributed by atoms with van der Waals surface area (Å²) in [6.45, 7) is 4.87. The average molecular weight is 1060 g/mol. The average Bonchev–Trinajstić information content (AvgIpc) is 4.06. The number of phenols is 1.